The average molecular weight is 307 g/mol. The summed E-state index contributed by atoms with van der Waals surface area (Å²) in [5, 5.41) is 1.17. The lowest BCUT2D eigenvalue weighted by molar-refractivity contribution is -0.135. The zero-order chi connectivity index (χ0) is 12.7. The van der Waals surface area contributed by atoms with Crippen LogP contribution >= 0.6 is 15.9 Å². The van der Waals surface area contributed by atoms with Crippen molar-refractivity contribution in [2.24, 2.45) is 0 Å². The number of carbonyl (C=O) groups excluding carboxylic acids is 1. The van der Waals surface area contributed by atoms with Crippen LogP contribution in [0.25, 0.3) is 10.9 Å². The fourth-order valence-corrected chi connectivity index (χ4v) is 3.05. The molecule has 0 spiro atoms. The van der Waals surface area contributed by atoms with Crippen LogP contribution in [0.15, 0.2) is 34.9 Å². The minimum atomic E-state index is -0.0394. The number of aromatic nitrogens is 1. The molecule has 1 fully saturated rings. The SMILES string of the molecule is CN1CCCC(n2ccc3cc(Br)ccc32)C1=O. The summed E-state index contributed by atoms with van der Waals surface area (Å²) in [6, 6.07) is 8.21. The molecule has 94 valence electrons. The number of fused-ring (bicyclic) bond motifs is 1. The summed E-state index contributed by atoms with van der Waals surface area (Å²) in [5.41, 5.74) is 1.13. The highest BCUT2D eigenvalue weighted by Crippen LogP contribution is 2.28. The summed E-state index contributed by atoms with van der Waals surface area (Å²) < 4.78 is 3.18. The van der Waals surface area contributed by atoms with Crippen molar-refractivity contribution in [2.45, 2.75) is 18.9 Å². The number of likely N-dealkylation sites (N-methyl/N-ethyl adjacent to an activating group) is 1. The first-order valence-corrected chi connectivity index (χ1v) is 6.97. The molecular formula is C14H15BrN2O. The molecule has 0 aliphatic carbocycles. The first-order chi connectivity index (χ1) is 8.66. The first-order valence-electron chi connectivity index (χ1n) is 6.18. The molecule has 3 rings (SSSR count). The van der Waals surface area contributed by atoms with Crippen LogP contribution in [-0.4, -0.2) is 29.0 Å². The molecule has 1 aliphatic rings. The third kappa shape index (κ3) is 1.85. The van der Waals surface area contributed by atoms with E-state index < -0.39 is 0 Å². The Hall–Kier alpha value is -1.29. The maximum absolute atomic E-state index is 12.2. The van der Waals surface area contributed by atoms with Gasteiger partial charge in [0, 0.05) is 35.2 Å². The second kappa shape index (κ2) is 4.43. The fourth-order valence-electron chi connectivity index (χ4n) is 2.67. The lowest BCUT2D eigenvalue weighted by Crippen LogP contribution is -2.39. The van der Waals surface area contributed by atoms with Gasteiger partial charge in [-0.15, -0.1) is 0 Å². The summed E-state index contributed by atoms with van der Waals surface area (Å²) >= 11 is 3.47. The van der Waals surface area contributed by atoms with Crippen molar-refractivity contribution >= 4 is 32.7 Å². The number of rotatable bonds is 1. The topological polar surface area (TPSA) is 25.2 Å². The Bertz CT molecular complexity index is 605. The van der Waals surface area contributed by atoms with Gasteiger partial charge in [0.2, 0.25) is 5.91 Å². The fraction of sp³-hybridized carbons (Fsp3) is 0.357. The summed E-state index contributed by atoms with van der Waals surface area (Å²) in [6.07, 6.45) is 4.03. The van der Waals surface area contributed by atoms with Crippen molar-refractivity contribution in [1.82, 2.24) is 9.47 Å². The molecule has 2 aromatic rings. The lowest BCUT2D eigenvalue weighted by Gasteiger charge is -2.30. The molecular weight excluding hydrogens is 292 g/mol. The molecule has 1 amide bonds. The number of likely N-dealkylation sites (tertiary alicyclic amines) is 1. The molecule has 1 aromatic carbocycles. The highest BCUT2D eigenvalue weighted by molar-refractivity contribution is 9.10. The van der Waals surface area contributed by atoms with Crippen LogP contribution in [0.3, 0.4) is 0 Å². The molecule has 1 saturated heterocycles. The number of carbonyl (C=O) groups is 1. The highest BCUT2D eigenvalue weighted by Gasteiger charge is 2.28. The van der Waals surface area contributed by atoms with Gasteiger partial charge in [-0.25, -0.2) is 0 Å². The number of benzene rings is 1. The minimum Gasteiger partial charge on any atom is -0.344 e. The highest BCUT2D eigenvalue weighted by atomic mass is 79.9. The van der Waals surface area contributed by atoms with Crippen molar-refractivity contribution in [1.29, 1.82) is 0 Å². The van der Waals surface area contributed by atoms with E-state index in [-0.39, 0.29) is 11.9 Å². The Morgan fingerprint density at radius 2 is 2.17 bits per heavy atom. The minimum absolute atomic E-state index is 0.0394. The van der Waals surface area contributed by atoms with E-state index in [4.69, 9.17) is 0 Å². The van der Waals surface area contributed by atoms with Gasteiger partial charge in [0.25, 0.3) is 0 Å². The van der Waals surface area contributed by atoms with Crippen LogP contribution in [0.2, 0.25) is 0 Å². The number of hydrogen-bond acceptors (Lipinski definition) is 1. The van der Waals surface area contributed by atoms with Gasteiger partial charge in [-0.05, 0) is 37.1 Å². The molecule has 18 heavy (non-hydrogen) atoms. The van der Waals surface area contributed by atoms with Gasteiger partial charge in [0.05, 0.1) is 0 Å². The van der Waals surface area contributed by atoms with Crippen LogP contribution < -0.4 is 0 Å². The molecule has 3 nitrogen and oxygen atoms in total. The number of hydrogen-bond donors (Lipinski definition) is 0. The van der Waals surface area contributed by atoms with Crippen LogP contribution in [0.4, 0.5) is 0 Å². The van der Waals surface area contributed by atoms with Gasteiger partial charge >= 0.3 is 0 Å². The van der Waals surface area contributed by atoms with Crippen LogP contribution in [-0.2, 0) is 4.79 Å². The quantitative estimate of drug-likeness (QED) is 0.794. The van der Waals surface area contributed by atoms with E-state index in [1.807, 2.05) is 24.2 Å². The van der Waals surface area contributed by atoms with Gasteiger partial charge in [0.1, 0.15) is 6.04 Å². The van der Waals surface area contributed by atoms with E-state index >= 15 is 0 Å². The number of halogens is 1. The molecule has 1 atom stereocenters. The normalized spacial score (nSPS) is 20.7. The maximum atomic E-state index is 12.2. The Balaban J connectivity index is 2.06. The molecule has 0 radical (unpaired) electrons. The molecule has 1 unspecified atom stereocenters. The third-order valence-electron chi connectivity index (χ3n) is 3.65. The zero-order valence-electron chi connectivity index (χ0n) is 10.3. The summed E-state index contributed by atoms with van der Waals surface area (Å²) in [5.74, 6) is 0.224. The largest absolute Gasteiger partial charge is 0.344 e. The third-order valence-corrected chi connectivity index (χ3v) is 4.14. The van der Waals surface area contributed by atoms with Gasteiger partial charge in [-0.2, -0.15) is 0 Å². The van der Waals surface area contributed by atoms with E-state index in [1.165, 1.54) is 5.39 Å². The van der Waals surface area contributed by atoms with Crippen molar-refractivity contribution in [3.8, 4) is 0 Å². The zero-order valence-corrected chi connectivity index (χ0v) is 11.9. The van der Waals surface area contributed by atoms with Crippen molar-refractivity contribution in [2.75, 3.05) is 13.6 Å². The van der Waals surface area contributed by atoms with E-state index in [2.05, 4.69) is 38.7 Å². The molecule has 2 heterocycles. The summed E-state index contributed by atoms with van der Waals surface area (Å²) in [6.45, 7) is 0.875. The molecule has 1 aromatic heterocycles. The second-order valence-corrected chi connectivity index (χ2v) is 5.76. The lowest BCUT2D eigenvalue weighted by atomic mass is 10.1. The van der Waals surface area contributed by atoms with Gasteiger partial charge in [-0.3, -0.25) is 4.79 Å². The Morgan fingerprint density at radius 3 is 3.00 bits per heavy atom. The molecule has 1 aliphatic heterocycles. The maximum Gasteiger partial charge on any atom is 0.245 e. The number of nitrogens with zero attached hydrogens (tertiary/aromatic N) is 2. The monoisotopic (exact) mass is 306 g/mol. The first kappa shape index (κ1) is 11.8. The smallest absolute Gasteiger partial charge is 0.245 e. The van der Waals surface area contributed by atoms with Gasteiger partial charge in [-0.1, -0.05) is 15.9 Å². The predicted octanol–water partition coefficient (Wildman–Crippen LogP) is 3.20. The van der Waals surface area contributed by atoms with E-state index in [1.54, 1.807) is 0 Å². The van der Waals surface area contributed by atoms with Crippen LogP contribution in [0, 0.1) is 0 Å². The molecule has 4 heteroatoms. The Morgan fingerprint density at radius 1 is 1.33 bits per heavy atom. The van der Waals surface area contributed by atoms with E-state index in [0.717, 1.165) is 29.4 Å². The van der Waals surface area contributed by atoms with Crippen molar-refractivity contribution in [3.05, 3.63) is 34.9 Å². The standard InChI is InChI=1S/C14H15BrN2O/c1-16-7-2-3-13(14(16)18)17-8-6-10-9-11(15)4-5-12(10)17/h4-6,8-9,13H,2-3,7H2,1H3. The van der Waals surface area contributed by atoms with Crippen LogP contribution in [0.5, 0.6) is 0 Å². The average Bonchev–Trinajstić information content (AvgIpc) is 2.75. The van der Waals surface area contributed by atoms with Crippen LogP contribution in [0.1, 0.15) is 18.9 Å². The number of amides is 1. The predicted molar refractivity (Wildman–Crippen MR) is 75.5 cm³/mol. The number of piperidine rings is 1. The van der Waals surface area contributed by atoms with E-state index in [9.17, 15) is 4.79 Å². The van der Waals surface area contributed by atoms with E-state index in [0.29, 0.717) is 0 Å². The second-order valence-electron chi connectivity index (χ2n) is 4.84. The molecule has 0 saturated carbocycles. The van der Waals surface area contributed by atoms with Gasteiger partial charge < -0.3 is 9.47 Å². The summed E-state index contributed by atoms with van der Waals surface area (Å²) in [7, 11) is 1.89. The summed E-state index contributed by atoms with van der Waals surface area (Å²) in [4.78, 5) is 14.1. The molecule has 0 N–H and O–H groups in total. The Kier molecular flexibility index (Phi) is 2.90. The van der Waals surface area contributed by atoms with Crippen molar-refractivity contribution in [3.63, 3.8) is 0 Å². The Labute approximate surface area is 115 Å². The molecule has 0 bridgehead atoms. The van der Waals surface area contributed by atoms with Gasteiger partial charge in [0.15, 0.2) is 0 Å². The van der Waals surface area contributed by atoms with Crippen molar-refractivity contribution < 1.29 is 4.79 Å².